The number of methoxy groups -OCH3 is 1. The molecule has 2 rings (SSSR count). The molecule has 1 aromatic heterocycles. The largest absolute Gasteiger partial charge is 0.504 e. The van der Waals surface area contributed by atoms with Crippen LogP contribution in [-0.2, 0) is 0 Å². The second kappa shape index (κ2) is 5.92. The molecule has 2 aromatic rings. The molecule has 1 aromatic carbocycles. The zero-order chi connectivity index (χ0) is 14.5. The van der Waals surface area contributed by atoms with Crippen molar-refractivity contribution in [1.29, 1.82) is 0 Å². The number of benzene rings is 1. The fraction of sp³-hybridized carbons (Fsp3) is 0.143. The highest BCUT2D eigenvalue weighted by molar-refractivity contribution is 5.92. The van der Waals surface area contributed by atoms with Crippen LogP contribution >= 0.6 is 0 Å². The summed E-state index contributed by atoms with van der Waals surface area (Å²) in [6.07, 6.45) is 1.41. The number of hydrogen-bond acceptors (Lipinski definition) is 5. The number of carbonyl (C=O) groups excluding carboxylic acids is 1. The third-order valence-electron chi connectivity index (χ3n) is 2.55. The third kappa shape index (κ3) is 3.17. The van der Waals surface area contributed by atoms with Gasteiger partial charge in [0.25, 0.3) is 0 Å². The summed E-state index contributed by atoms with van der Waals surface area (Å²) in [5.41, 5.74) is 2.96. The van der Waals surface area contributed by atoms with Crippen molar-refractivity contribution in [2.75, 3.05) is 7.11 Å². The van der Waals surface area contributed by atoms with Crippen LogP contribution in [0.15, 0.2) is 39.9 Å². The van der Waals surface area contributed by atoms with E-state index in [1.807, 2.05) is 0 Å². The van der Waals surface area contributed by atoms with Crippen molar-refractivity contribution in [3.8, 4) is 11.5 Å². The first kappa shape index (κ1) is 13.7. The van der Waals surface area contributed by atoms with Gasteiger partial charge in [0.2, 0.25) is 0 Å². The molecule has 0 spiro atoms. The van der Waals surface area contributed by atoms with E-state index in [0.717, 1.165) is 0 Å². The molecule has 0 saturated carbocycles. The van der Waals surface area contributed by atoms with Gasteiger partial charge in [-0.15, -0.1) is 0 Å². The summed E-state index contributed by atoms with van der Waals surface area (Å²) in [5, 5.41) is 13.4. The highest BCUT2D eigenvalue weighted by Gasteiger charge is 2.08. The lowest BCUT2D eigenvalue weighted by Crippen LogP contribution is -2.16. The van der Waals surface area contributed by atoms with Crippen molar-refractivity contribution in [3.05, 3.63) is 47.4 Å². The Morgan fingerprint density at radius 1 is 1.40 bits per heavy atom. The van der Waals surface area contributed by atoms with Crippen LogP contribution in [0.25, 0.3) is 0 Å². The second-order valence-electron chi connectivity index (χ2n) is 4.04. The Balaban J connectivity index is 2.00. The van der Waals surface area contributed by atoms with Gasteiger partial charge in [0, 0.05) is 0 Å². The van der Waals surface area contributed by atoms with E-state index in [9.17, 15) is 9.90 Å². The Morgan fingerprint density at radius 2 is 2.20 bits per heavy atom. The summed E-state index contributed by atoms with van der Waals surface area (Å²) in [4.78, 5) is 11.6. The molecule has 0 aliphatic carbocycles. The van der Waals surface area contributed by atoms with Gasteiger partial charge >= 0.3 is 5.91 Å². The van der Waals surface area contributed by atoms with Crippen LogP contribution in [0.4, 0.5) is 0 Å². The predicted molar refractivity (Wildman–Crippen MR) is 73.2 cm³/mol. The molecule has 6 nitrogen and oxygen atoms in total. The summed E-state index contributed by atoms with van der Waals surface area (Å²) in [7, 11) is 1.47. The molecule has 0 unspecified atom stereocenters. The van der Waals surface area contributed by atoms with Crippen molar-refractivity contribution in [2.45, 2.75) is 6.92 Å². The lowest BCUT2D eigenvalue weighted by atomic mass is 10.2. The van der Waals surface area contributed by atoms with Gasteiger partial charge < -0.3 is 14.3 Å². The number of ether oxygens (including phenoxy) is 1. The number of aromatic hydroxyl groups is 1. The average molecular weight is 274 g/mol. The number of nitrogens with one attached hydrogen (secondary N) is 1. The van der Waals surface area contributed by atoms with Crippen LogP contribution < -0.4 is 10.2 Å². The highest BCUT2D eigenvalue weighted by Crippen LogP contribution is 2.25. The van der Waals surface area contributed by atoms with E-state index in [0.29, 0.717) is 17.1 Å². The summed E-state index contributed by atoms with van der Waals surface area (Å²) in [5.74, 6) is 0.783. The molecule has 0 bridgehead atoms. The van der Waals surface area contributed by atoms with Crippen LogP contribution in [0.2, 0.25) is 0 Å². The lowest BCUT2D eigenvalue weighted by molar-refractivity contribution is 0.0926. The predicted octanol–water partition coefficient (Wildman–Crippen LogP) is 2.07. The number of carbonyl (C=O) groups is 1. The van der Waals surface area contributed by atoms with Crippen molar-refractivity contribution in [3.63, 3.8) is 0 Å². The van der Waals surface area contributed by atoms with E-state index >= 15 is 0 Å². The first-order chi connectivity index (χ1) is 9.60. The van der Waals surface area contributed by atoms with E-state index in [1.54, 1.807) is 31.2 Å². The Bertz CT molecular complexity index is 646. The van der Waals surface area contributed by atoms with Gasteiger partial charge in [0.05, 0.1) is 13.3 Å². The topological polar surface area (TPSA) is 84.1 Å². The molecular formula is C14H14N2O4. The van der Waals surface area contributed by atoms with E-state index in [-0.39, 0.29) is 11.5 Å². The van der Waals surface area contributed by atoms with Crippen molar-refractivity contribution >= 4 is 12.1 Å². The number of nitrogens with zero attached hydrogens (tertiary/aromatic N) is 1. The zero-order valence-electron chi connectivity index (χ0n) is 11.1. The molecule has 0 aliphatic heterocycles. The highest BCUT2D eigenvalue weighted by atomic mass is 16.5. The number of furan rings is 1. The van der Waals surface area contributed by atoms with E-state index in [4.69, 9.17) is 9.15 Å². The second-order valence-corrected chi connectivity index (χ2v) is 4.04. The molecule has 20 heavy (non-hydrogen) atoms. The minimum Gasteiger partial charge on any atom is -0.504 e. The maximum absolute atomic E-state index is 11.6. The number of phenolic OH excluding ortho intramolecular Hbond substituents is 1. The minimum atomic E-state index is -0.438. The van der Waals surface area contributed by atoms with Gasteiger partial charge in [0.1, 0.15) is 5.76 Å². The molecule has 0 saturated heterocycles. The minimum absolute atomic E-state index is 0.00411. The number of hydrogen-bond donors (Lipinski definition) is 2. The number of rotatable bonds is 4. The van der Waals surface area contributed by atoms with Crippen LogP contribution in [0.5, 0.6) is 11.5 Å². The molecule has 1 heterocycles. The van der Waals surface area contributed by atoms with Crippen molar-refractivity contribution in [2.24, 2.45) is 5.10 Å². The number of hydrazone groups is 1. The van der Waals surface area contributed by atoms with Gasteiger partial charge in [-0.1, -0.05) is 0 Å². The molecule has 0 aliphatic rings. The molecule has 0 fully saturated rings. The standard InChI is InChI=1S/C14H14N2O4/c1-9-3-5-13(20-9)14(18)16-15-8-10-4-6-12(19-2)11(17)7-10/h3-8,17H,1-2H3,(H,16,18)/b15-8+. The van der Waals surface area contributed by atoms with Crippen LogP contribution in [0.1, 0.15) is 21.9 Å². The smallest absolute Gasteiger partial charge is 0.307 e. The molecule has 0 radical (unpaired) electrons. The van der Waals surface area contributed by atoms with Crippen LogP contribution in [0, 0.1) is 6.92 Å². The maximum Gasteiger partial charge on any atom is 0.307 e. The van der Waals surface area contributed by atoms with Crippen molar-refractivity contribution < 1.29 is 19.1 Å². The van der Waals surface area contributed by atoms with E-state index in [1.165, 1.54) is 19.4 Å². The molecule has 1 amide bonds. The Kier molecular flexibility index (Phi) is 4.05. The molecular weight excluding hydrogens is 260 g/mol. The van der Waals surface area contributed by atoms with Gasteiger partial charge in [0.15, 0.2) is 17.3 Å². The van der Waals surface area contributed by atoms with Gasteiger partial charge in [-0.3, -0.25) is 4.79 Å². The molecule has 104 valence electrons. The lowest BCUT2D eigenvalue weighted by Gasteiger charge is -2.03. The summed E-state index contributed by atoms with van der Waals surface area (Å²) in [6, 6.07) is 8.05. The number of aryl methyl sites for hydroxylation is 1. The summed E-state index contributed by atoms with van der Waals surface area (Å²) < 4.78 is 10.1. The molecule has 6 heteroatoms. The maximum atomic E-state index is 11.6. The van der Waals surface area contributed by atoms with Gasteiger partial charge in [-0.05, 0) is 42.8 Å². The fourth-order valence-electron chi connectivity index (χ4n) is 1.56. The first-order valence-electron chi connectivity index (χ1n) is 5.87. The zero-order valence-corrected chi connectivity index (χ0v) is 11.1. The molecule has 0 atom stereocenters. The monoisotopic (exact) mass is 274 g/mol. The first-order valence-corrected chi connectivity index (χ1v) is 5.87. The normalized spacial score (nSPS) is 10.7. The van der Waals surface area contributed by atoms with Gasteiger partial charge in [-0.2, -0.15) is 5.10 Å². The SMILES string of the molecule is COc1ccc(/C=N/NC(=O)c2ccc(C)o2)cc1O. The Hall–Kier alpha value is -2.76. The van der Waals surface area contributed by atoms with E-state index < -0.39 is 5.91 Å². The Labute approximate surface area is 115 Å². The fourth-order valence-corrected chi connectivity index (χ4v) is 1.56. The van der Waals surface area contributed by atoms with Crippen LogP contribution in [-0.4, -0.2) is 24.3 Å². The number of amides is 1. The van der Waals surface area contributed by atoms with Crippen LogP contribution in [0.3, 0.4) is 0 Å². The average Bonchev–Trinajstić information content (AvgIpc) is 2.85. The van der Waals surface area contributed by atoms with Gasteiger partial charge in [-0.25, -0.2) is 5.43 Å². The third-order valence-corrected chi connectivity index (χ3v) is 2.55. The Morgan fingerprint density at radius 3 is 2.80 bits per heavy atom. The molecule has 2 N–H and O–H groups in total. The summed E-state index contributed by atoms with van der Waals surface area (Å²) >= 11 is 0. The quantitative estimate of drug-likeness (QED) is 0.660. The van der Waals surface area contributed by atoms with Crippen molar-refractivity contribution in [1.82, 2.24) is 5.43 Å². The van der Waals surface area contributed by atoms with E-state index in [2.05, 4.69) is 10.5 Å². The number of phenols is 1. The summed E-state index contributed by atoms with van der Waals surface area (Å²) in [6.45, 7) is 1.75.